The van der Waals surface area contributed by atoms with Crippen molar-refractivity contribution in [2.75, 3.05) is 0 Å². The van der Waals surface area contributed by atoms with Crippen LogP contribution in [0.3, 0.4) is 0 Å². The SMILES string of the molecule is Cc1cc(C(F)(F)F)ccc1C(O)c1cc(F)ccc1F. The quantitative estimate of drug-likeness (QED) is 0.817. The lowest BCUT2D eigenvalue weighted by Gasteiger charge is -2.17. The maximum Gasteiger partial charge on any atom is 0.416 e. The van der Waals surface area contributed by atoms with Gasteiger partial charge in [-0.15, -0.1) is 0 Å². The van der Waals surface area contributed by atoms with E-state index < -0.39 is 29.5 Å². The molecule has 1 unspecified atom stereocenters. The minimum Gasteiger partial charge on any atom is -0.384 e. The van der Waals surface area contributed by atoms with Crippen LogP contribution in [-0.2, 0) is 6.18 Å². The van der Waals surface area contributed by atoms with Crippen molar-refractivity contribution in [1.82, 2.24) is 0 Å². The normalized spacial score (nSPS) is 13.3. The lowest BCUT2D eigenvalue weighted by atomic mass is 9.95. The van der Waals surface area contributed by atoms with Gasteiger partial charge in [0.1, 0.15) is 17.7 Å². The van der Waals surface area contributed by atoms with Gasteiger partial charge in [-0.1, -0.05) is 6.07 Å². The first-order valence-electron chi connectivity index (χ1n) is 6.01. The summed E-state index contributed by atoms with van der Waals surface area (Å²) < 4.78 is 64.4. The Hall–Kier alpha value is -1.95. The van der Waals surface area contributed by atoms with Gasteiger partial charge in [-0.05, 0) is 48.4 Å². The number of halogens is 5. The Labute approximate surface area is 117 Å². The van der Waals surface area contributed by atoms with Crippen LogP contribution in [0.15, 0.2) is 36.4 Å². The Morgan fingerprint density at radius 3 is 2.19 bits per heavy atom. The fourth-order valence-electron chi connectivity index (χ4n) is 2.05. The summed E-state index contributed by atoms with van der Waals surface area (Å²) in [4.78, 5) is 0. The summed E-state index contributed by atoms with van der Waals surface area (Å²) in [7, 11) is 0. The van der Waals surface area contributed by atoms with Crippen molar-refractivity contribution < 1.29 is 27.1 Å². The van der Waals surface area contributed by atoms with Gasteiger partial charge < -0.3 is 5.11 Å². The molecule has 0 spiro atoms. The lowest BCUT2D eigenvalue weighted by molar-refractivity contribution is -0.137. The Balaban J connectivity index is 2.44. The molecule has 0 aliphatic heterocycles. The van der Waals surface area contributed by atoms with Gasteiger partial charge in [0.15, 0.2) is 0 Å². The van der Waals surface area contributed by atoms with E-state index in [9.17, 15) is 27.1 Å². The van der Waals surface area contributed by atoms with E-state index in [1.165, 1.54) is 6.92 Å². The molecule has 0 amide bonds. The Morgan fingerprint density at radius 1 is 0.952 bits per heavy atom. The third kappa shape index (κ3) is 3.21. The second-order valence-corrected chi connectivity index (χ2v) is 4.64. The summed E-state index contributed by atoms with van der Waals surface area (Å²) in [5.41, 5.74) is -0.956. The Bertz CT molecular complexity index is 664. The van der Waals surface area contributed by atoms with E-state index in [1.807, 2.05) is 0 Å². The molecule has 1 nitrogen and oxygen atoms in total. The maximum absolute atomic E-state index is 13.6. The molecule has 0 radical (unpaired) electrons. The van der Waals surface area contributed by atoms with Crippen LogP contribution < -0.4 is 0 Å². The molecular weight excluding hydrogens is 291 g/mol. The first-order valence-corrected chi connectivity index (χ1v) is 6.01. The number of aliphatic hydroxyl groups excluding tert-OH is 1. The summed E-state index contributed by atoms with van der Waals surface area (Å²) in [5, 5.41) is 10.1. The number of aliphatic hydroxyl groups is 1. The Morgan fingerprint density at radius 2 is 1.62 bits per heavy atom. The van der Waals surface area contributed by atoms with Crippen LogP contribution in [0.1, 0.15) is 28.4 Å². The predicted molar refractivity (Wildman–Crippen MR) is 66.6 cm³/mol. The number of rotatable bonds is 2. The van der Waals surface area contributed by atoms with Gasteiger partial charge in [-0.25, -0.2) is 8.78 Å². The summed E-state index contributed by atoms with van der Waals surface area (Å²) >= 11 is 0. The van der Waals surface area contributed by atoms with Crippen LogP contribution >= 0.6 is 0 Å². The van der Waals surface area contributed by atoms with Crippen LogP contribution in [-0.4, -0.2) is 5.11 Å². The molecule has 2 rings (SSSR count). The third-order valence-corrected chi connectivity index (χ3v) is 3.14. The van der Waals surface area contributed by atoms with Gasteiger partial charge in [-0.2, -0.15) is 13.2 Å². The molecule has 1 N–H and O–H groups in total. The highest BCUT2D eigenvalue weighted by atomic mass is 19.4. The second kappa shape index (κ2) is 5.44. The molecule has 0 bridgehead atoms. The van der Waals surface area contributed by atoms with Crippen LogP contribution in [0.4, 0.5) is 22.0 Å². The van der Waals surface area contributed by atoms with Crippen molar-refractivity contribution >= 4 is 0 Å². The van der Waals surface area contributed by atoms with E-state index in [2.05, 4.69) is 0 Å². The van der Waals surface area contributed by atoms with Gasteiger partial charge in [0.05, 0.1) is 5.56 Å². The van der Waals surface area contributed by atoms with Crippen molar-refractivity contribution in [3.8, 4) is 0 Å². The number of aryl methyl sites for hydroxylation is 1. The van der Waals surface area contributed by atoms with Crippen molar-refractivity contribution in [1.29, 1.82) is 0 Å². The molecule has 0 aliphatic rings. The first-order chi connectivity index (χ1) is 9.70. The standard InChI is InChI=1S/C15H11F5O/c1-8-6-9(15(18,19)20)2-4-11(8)14(21)12-7-10(16)3-5-13(12)17/h2-7,14,21H,1H3. The predicted octanol–water partition coefficient (Wildman–Crippen LogP) is 4.37. The summed E-state index contributed by atoms with van der Waals surface area (Å²) in [6.45, 7) is 1.37. The molecule has 21 heavy (non-hydrogen) atoms. The van der Waals surface area contributed by atoms with Gasteiger partial charge >= 0.3 is 6.18 Å². The van der Waals surface area contributed by atoms with Gasteiger partial charge in [-0.3, -0.25) is 0 Å². The summed E-state index contributed by atoms with van der Waals surface area (Å²) in [6.07, 6.45) is -6.04. The molecule has 0 saturated heterocycles. The largest absolute Gasteiger partial charge is 0.416 e. The molecule has 0 aromatic heterocycles. The molecule has 0 heterocycles. The lowest BCUT2D eigenvalue weighted by Crippen LogP contribution is -2.09. The second-order valence-electron chi connectivity index (χ2n) is 4.64. The van der Waals surface area contributed by atoms with Gasteiger partial charge in [0.25, 0.3) is 0 Å². The van der Waals surface area contributed by atoms with Crippen LogP contribution in [0.5, 0.6) is 0 Å². The first kappa shape index (κ1) is 15.4. The molecule has 0 aliphatic carbocycles. The number of hydrogen-bond acceptors (Lipinski definition) is 1. The molecule has 0 fully saturated rings. The number of hydrogen-bond donors (Lipinski definition) is 1. The molecule has 1 atom stereocenters. The van der Waals surface area contributed by atoms with Gasteiger partial charge in [0, 0.05) is 5.56 Å². The fourth-order valence-corrected chi connectivity index (χ4v) is 2.05. The molecule has 0 saturated carbocycles. The molecule has 6 heteroatoms. The molecule has 112 valence electrons. The van der Waals surface area contributed by atoms with Crippen LogP contribution in [0.2, 0.25) is 0 Å². The van der Waals surface area contributed by atoms with Crippen LogP contribution in [0, 0.1) is 18.6 Å². The zero-order valence-electron chi connectivity index (χ0n) is 10.9. The van der Waals surface area contributed by atoms with E-state index in [0.29, 0.717) is 0 Å². The van der Waals surface area contributed by atoms with E-state index in [4.69, 9.17) is 0 Å². The zero-order chi connectivity index (χ0) is 15.8. The average molecular weight is 302 g/mol. The van der Waals surface area contributed by atoms with E-state index in [1.54, 1.807) is 0 Å². The smallest absolute Gasteiger partial charge is 0.384 e. The fraction of sp³-hybridized carbons (Fsp3) is 0.200. The van der Waals surface area contributed by atoms with Crippen molar-refractivity contribution in [3.63, 3.8) is 0 Å². The van der Waals surface area contributed by atoms with E-state index in [-0.39, 0.29) is 16.7 Å². The molecule has 2 aromatic carbocycles. The highest BCUT2D eigenvalue weighted by Gasteiger charge is 2.31. The maximum atomic E-state index is 13.6. The van der Waals surface area contributed by atoms with Crippen LogP contribution in [0.25, 0.3) is 0 Å². The summed E-state index contributed by atoms with van der Waals surface area (Å²) in [5.74, 6) is -1.57. The van der Waals surface area contributed by atoms with Gasteiger partial charge in [0.2, 0.25) is 0 Å². The minimum atomic E-state index is -4.50. The third-order valence-electron chi connectivity index (χ3n) is 3.14. The van der Waals surface area contributed by atoms with Crippen molar-refractivity contribution in [2.24, 2.45) is 0 Å². The highest BCUT2D eigenvalue weighted by molar-refractivity contribution is 5.39. The minimum absolute atomic E-state index is 0.0903. The summed E-state index contributed by atoms with van der Waals surface area (Å²) in [6, 6.07) is 5.28. The molecule has 2 aromatic rings. The van der Waals surface area contributed by atoms with Crippen molar-refractivity contribution in [3.05, 3.63) is 70.3 Å². The highest BCUT2D eigenvalue weighted by Crippen LogP contribution is 2.33. The monoisotopic (exact) mass is 302 g/mol. The van der Waals surface area contributed by atoms with E-state index in [0.717, 1.165) is 36.4 Å². The number of benzene rings is 2. The topological polar surface area (TPSA) is 20.2 Å². The number of alkyl halides is 3. The Kier molecular flexibility index (Phi) is 4.00. The van der Waals surface area contributed by atoms with Crippen molar-refractivity contribution in [2.45, 2.75) is 19.2 Å². The zero-order valence-corrected chi connectivity index (χ0v) is 10.9. The molecular formula is C15H11F5O. The van der Waals surface area contributed by atoms with E-state index >= 15 is 0 Å². The average Bonchev–Trinajstić information content (AvgIpc) is 2.39.